The number of anilines is 1. The highest BCUT2D eigenvalue weighted by Gasteiger charge is 2.25. The molecule has 148 valence electrons. The zero-order chi connectivity index (χ0) is 20.6. The van der Waals surface area contributed by atoms with E-state index in [4.69, 9.17) is 0 Å². The number of aromatic nitrogens is 4. The van der Waals surface area contributed by atoms with Crippen molar-refractivity contribution in [1.29, 1.82) is 0 Å². The van der Waals surface area contributed by atoms with Gasteiger partial charge in [0.15, 0.2) is 5.65 Å². The summed E-state index contributed by atoms with van der Waals surface area (Å²) in [7, 11) is 0. The Morgan fingerprint density at radius 2 is 1.93 bits per heavy atom. The van der Waals surface area contributed by atoms with E-state index >= 15 is 0 Å². The maximum Gasteiger partial charge on any atom is 0.154 e. The van der Waals surface area contributed by atoms with Crippen molar-refractivity contribution in [3.63, 3.8) is 0 Å². The highest BCUT2D eigenvalue weighted by molar-refractivity contribution is 5.61. The largest absolute Gasteiger partial charge is 0.508 e. The van der Waals surface area contributed by atoms with Crippen LogP contribution >= 0.6 is 0 Å². The topological polar surface area (TPSA) is 95.6 Å². The molecule has 0 aliphatic heterocycles. The maximum atomic E-state index is 13.7. The van der Waals surface area contributed by atoms with E-state index in [2.05, 4.69) is 20.4 Å². The van der Waals surface area contributed by atoms with E-state index in [1.165, 1.54) is 18.2 Å². The average Bonchev–Trinajstić information content (AvgIpc) is 3.12. The number of pyridine rings is 1. The minimum Gasteiger partial charge on any atom is -0.508 e. The fourth-order valence-electron chi connectivity index (χ4n) is 3.22. The summed E-state index contributed by atoms with van der Waals surface area (Å²) in [5, 5.41) is 27.4. The number of hydrogen-bond acceptors (Lipinski definition) is 6. The van der Waals surface area contributed by atoms with Gasteiger partial charge in [-0.25, -0.2) is 13.9 Å². The van der Waals surface area contributed by atoms with Crippen LogP contribution in [0.4, 0.5) is 10.2 Å². The van der Waals surface area contributed by atoms with E-state index in [1.807, 2.05) is 13.8 Å². The Morgan fingerprint density at radius 3 is 2.72 bits per heavy atom. The molecule has 8 heteroatoms. The minimum absolute atomic E-state index is 0.00156. The number of nitrogens with zero attached hydrogens (tertiary/aromatic N) is 4. The molecule has 0 amide bonds. The number of fused-ring (bicyclic) bond motifs is 1. The van der Waals surface area contributed by atoms with Crippen LogP contribution in [0.3, 0.4) is 0 Å². The van der Waals surface area contributed by atoms with Gasteiger partial charge >= 0.3 is 0 Å². The molecule has 0 aliphatic rings. The predicted molar refractivity (Wildman–Crippen MR) is 107 cm³/mol. The molecule has 3 heterocycles. The summed E-state index contributed by atoms with van der Waals surface area (Å²) in [6.45, 7) is 3.57. The Hall–Kier alpha value is -3.52. The van der Waals surface area contributed by atoms with Crippen LogP contribution < -0.4 is 5.32 Å². The second-order valence-electron chi connectivity index (χ2n) is 7.25. The molecule has 0 atom stereocenters. The summed E-state index contributed by atoms with van der Waals surface area (Å²) in [5.41, 5.74) is 2.31. The lowest BCUT2D eigenvalue weighted by molar-refractivity contribution is 0.282. The standard InChI is InChI=1S/C21H20FN5O2/c1-21(2,15-10-14(22)3-4-18(15)29)25-19-5-6-20-24-11-17(27(20)26-19)16-9-13(12-28)7-8-23-16/h3-11,28-29H,12H2,1-2H3,(H,25,26). The van der Waals surface area contributed by atoms with Crippen molar-refractivity contribution >= 4 is 11.5 Å². The van der Waals surface area contributed by atoms with Crippen molar-refractivity contribution in [2.75, 3.05) is 5.32 Å². The number of phenolic OH excluding ortho intramolecular Hbond substituents is 1. The molecule has 3 N–H and O–H groups in total. The molecule has 7 nitrogen and oxygen atoms in total. The molecule has 3 aromatic heterocycles. The first kappa shape index (κ1) is 18.8. The summed E-state index contributed by atoms with van der Waals surface area (Å²) in [6.07, 6.45) is 3.29. The van der Waals surface area contributed by atoms with Gasteiger partial charge in [0.1, 0.15) is 23.1 Å². The van der Waals surface area contributed by atoms with E-state index in [1.54, 1.807) is 41.2 Å². The Morgan fingerprint density at radius 1 is 1.10 bits per heavy atom. The number of phenols is 1. The third kappa shape index (κ3) is 3.62. The molecule has 4 aromatic rings. The van der Waals surface area contributed by atoms with Gasteiger partial charge in [-0.1, -0.05) is 0 Å². The van der Waals surface area contributed by atoms with E-state index < -0.39 is 11.4 Å². The van der Waals surface area contributed by atoms with Crippen LogP contribution in [0.2, 0.25) is 0 Å². The zero-order valence-electron chi connectivity index (χ0n) is 16.0. The van der Waals surface area contributed by atoms with Crippen LogP contribution in [0, 0.1) is 5.82 Å². The van der Waals surface area contributed by atoms with Gasteiger partial charge in [0, 0.05) is 11.8 Å². The third-order valence-electron chi connectivity index (χ3n) is 4.70. The first-order chi connectivity index (χ1) is 13.9. The van der Waals surface area contributed by atoms with E-state index in [9.17, 15) is 14.6 Å². The van der Waals surface area contributed by atoms with E-state index in [0.717, 1.165) is 5.56 Å². The second-order valence-corrected chi connectivity index (χ2v) is 7.25. The fraction of sp³-hybridized carbons (Fsp3) is 0.190. The Labute approximate surface area is 166 Å². The van der Waals surface area contributed by atoms with Gasteiger partial charge in [-0.3, -0.25) is 4.98 Å². The average molecular weight is 393 g/mol. The number of imidazole rings is 1. The maximum absolute atomic E-state index is 13.7. The summed E-state index contributed by atoms with van der Waals surface area (Å²) in [5.74, 6) is 0.0878. The Bertz CT molecular complexity index is 1190. The van der Waals surface area contributed by atoms with E-state index in [-0.39, 0.29) is 12.4 Å². The van der Waals surface area contributed by atoms with Crippen molar-refractivity contribution in [3.8, 4) is 17.1 Å². The lowest BCUT2D eigenvalue weighted by Crippen LogP contribution is -2.29. The Balaban J connectivity index is 1.73. The third-order valence-corrected chi connectivity index (χ3v) is 4.70. The first-order valence-electron chi connectivity index (χ1n) is 9.05. The van der Waals surface area contributed by atoms with Gasteiger partial charge < -0.3 is 15.5 Å². The van der Waals surface area contributed by atoms with Crippen molar-refractivity contribution in [2.24, 2.45) is 0 Å². The quantitative estimate of drug-likeness (QED) is 0.481. The van der Waals surface area contributed by atoms with Crippen LogP contribution in [-0.4, -0.2) is 29.8 Å². The zero-order valence-corrected chi connectivity index (χ0v) is 16.0. The van der Waals surface area contributed by atoms with Crippen molar-refractivity contribution in [2.45, 2.75) is 26.0 Å². The molecule has 4 rings (SSSR count). The van der Waals surface area contributed by atoms with Gasteiger partial charge in [-0.05, 0) is 61.9 Å². The summed E-state index contributed by atoms with van der Waals surface area (Å²) in [6, 6.07) is 10.9. The van der Waals surface area contributed by atoms with Crippen molar-refractivity contribution < 1.29 is 14.6 Å². The van der Waals surface area contributed by atoms with Crippen LogP contribution in [0.25, 0.3) is 17.0 Å². The lowest BCUT2D eigenvalue weighted by atomic mass is 9.93. The Kier molecular flexibility index (Phi) is 4.63. The molecule has 0 aliphatic carbocycles. The molecule has 0 spiro atoms. The molecule has 0 radical (unpaired) electrons. The number of aliphatic hydroxyl groups is 1. The molecular weight excluding hydrogens is 373 g/mol. The van der Waals surface area contributed by atoms with Gasteiger partial charge in [0.2, 0.25) is 0 Å². The summed E-state index contributed by atoms with van der Waals surface area (Å²) >= 11 is 0. The number of benzene rings is 1. The van der Waals surface area contributed by atoms with Crippen molar-refractivity contribution in [1.82, 2.24) is 19.6 Å². The van der Waals surface area contributed by atoms with Gasteiger partial charge in [0.25, 0.3) is 0 Å². The molecule has 0 saturated heterocycles. The number of halogens is 1. The SMILES string of the molecule is CC(C)(Nc1ccc2ncc(-c3cc(CO)ccn3)n2n1)c1cc(F)ccc1O. The number of hydrogen-bond donors (Lipinski definition) is 3. The summed E-state index contributed by atoms with van der Waals surface area (Å²) in [4.78, 5) is 8.70. The molecule has 1 aromatic carbocycles. The monoisotopic (exact) mass is 393 g/mol. The highest BCUT2D eigenvalue weighted by atomic mass is 19.1. The predicted octanol–water partition coefficient (Wildman–Crippen LogP) is 3.48. The van der Waals surface area contributed by atoms with E-state index in [0.29, 0.717) is 28.4 Å². The lowest BCUT2D eigenvalue weighted by Gasteiger charge is -2.28. The number of rotatable bonds is 5. The van der Waals surface area contributed by atoms with Crippen molar-refractivity contribution in [3.05, 3.63) is 71.8 Å². The first-order valence-corrected chi connectivity index (χ1v) is 9.05. The molecule has 29 heavy (non-hydrogen) atoms. The highest BCUT2D eigenvalue weighted by Crippen LogP contribution is 2.32. The smallest absolute Gasteiger partial charge is 0.154 e. The van der Waals surface area contributed by atoms with Gasteiger partial charge in [-0.2, -0.15) is 0 Å². The molecule has 0 fully saturated rings. The number of aliphatic hydroxyl groups excluding tert-OH is 1. The normalized spacial score (nSPS) is 11.7. The minimum atomic E-state index is -0.789. The number of nitrogens with one attached hydrogen (secondary N) is 1. The molecule has 0 saturated carbocycles. The molecule has 0 unspecified atom stereocenters. The van der Waals surface area contributed by atoms with Crippen LogP contribution in [-0.2, 0) is 12.1 Å². The fourth-order valence-corrected chi connectivity index (χ4v) is 3.22. The van der Waals surface area contributed by atoms with Gasteiger partial charge in [-0.15, -0.1) is 5.10 Å². The number of aromatic hydroxyl groups is 1. The second kappa shape index (κ2) is 7.14. The molecular formula is C21H20FN5O2. The van der Waals surface area contributed by atoms with Crippen LogP contribution in [0.5, 0.6) is 5.75 Å². The van der Waals surface area contributed by atoms with Crippen LogP contribution in [0.1, 0.15) is 25.0 Å². The molecule has 0 bridgehead atoms. The summed E-state index contributed by atoms with van der Waals surface area (Å²) < 4.78 is 15.3. The van der Waals surface area contributed by atoms with Gasteiger partial charge in [0.05, 0.1) is 24.0 Å². The van der Waals surface area contributed by atoms with Crippen LogP contribution in [0.15, 0.2) is 54.9 Å².